The number of benzene rings is 3. The molecular formula is C33H30Br2N2O7S. The van der Waals surface area contributed by atoms with Gasteiger partial charge in [-0.2, -0.15) is 0 Å². The average Bonchev–Trinajstić information content (AvgIpc) is 3.33. The summed E-state index contributed by atoms with van der Waals surface area (Å²) in [7, 11) is 4.63. The minimum absolute atomic E-state index is 0.168. The molecule has 45 heavy (non-hydrogen) atoms. The van der Waals surface area contributed by atoms with Gasteiger partial charge < -0.3 is 23.7 Å². The van der Waals surface area contributed by atoms with E-state index in [1.54, 1.807) is 45.2 Å². The van der Waals surface area contributed by atoms with Crippen LogP contribution >= 0.6 is 43.2 Å². The summed E-state index contributed by atoms with van der Waals surface area (Å²) in [5.74, 6) is 1.44. The summed E-state index contributed by atoms with van der Waals surface area (Å²) in [4.78, 5) is 32.6. The highest BCUT2D eigenvalue weighted by atomic mass is 79.9. The molecule has 0 aliphatic carbocycles. The van der Waals surface area contributed by atoms with Gasteiger partial charge in [0.2, 0.25) is 0 Å². The van der Waals surface area contributed by atoms with E-state index in [0.717, 1.165) is 5.56 Å². The fraction of sp³-hybridized carbons (Fsp3) is 0.242. The molecule has 1 atom stereocenters. The predicted octanol–water partition coefficient (Wildman–Crippen LogP) is 5.93. The lowest BCUT2D eigenvalue weighted by molar-refractivity contribution is -0.139. The molecule has 0 unspecified atom stereocenters. The average molecular weight is 758 g/mol. The SMILES string of the molecule is CCOC(=O)C1=C(C)N=c2s/c(=C\c3cc(Br)c(OCc4ccccc4)c(OC)c3)c(=O)n2[C@H]1c1cc(OC)c(OC)cc1Br. The molecular weight excluding hydrogens is 728 g/mol. The molecule has 9 nitrogen and oxygen atoms in total. The minimum atomic E-state index is -0.841. The second-order valence-corrected chi connectivity index (χ2v) is 12.6. The Morgan fingerprint density at radius 2 is 1.67 bits per heavy atom. The molecule has 0 radical (unpaired) electrons. The summed E-state index contributed by atoms with van der Waals surface area (Å²) >= 11 is 8.46. The number of nitrogens with zero attached hydrogens (tertiary/aromatic N) is 2. The van der Waals surface area contributed by atoms with Gasteiger partial charge in [-0.15, -0.1) is 0 Å². The molecule has 4 aromatic rings. The number of rotatable bonds is 10. The number of thiazole rings is 1. The molecule has 5 rings (SSSR count). The quantitative estimate of drug-likeness (QED) is 0.185. The predicted molar refractivity (Wildman–Crippen MR) is 179 cm³/mol. The summed E-state index contributed by atoms with van der Waals surface area (Å²) in [6.45, 7) is 4.00. The van der Waals surface area contributed by atoms with Crippen molar-refractivity contribution in [3.8, 4) is 23.0 Å². The first-order chi connectivity index (χ1) is 21.7. The Kier molecular flexibility index (Phi) is 10.2. The lowest BCUT2D eigenvalue weighted by atomic mass is 9.95. The molecule has 3 aromatic carbocycles. The number of aromatic nitrogens is 1. The van der Waals surface area contributed by atoms with E-state index in [4.69, 9.17) is 23.7 Å². The molecule has 234 valence electrons. The Hall–Kier alpha value is -3.87. The van der Waals surface area contributed by atoms with Crippen LogP contribution in [0.3, 0.4) is 0 Å². The number of carbonyl (C=O) groups is 1. The van der Waals surface area contributed by atoms with Crippen LogP contribution in [0.4, 0.5) is 0 Å². The van der Waals surface area contributed by atoms with Crippen molar-refractivity contribution in [1.29, 1.82) is 0 Å². The van der Waals surface area contributed by atoms with E-state index >= 15 is 0 Å². The fourth-order valence-corrected chi connectivity index (χ4v) is 7.17. The number of ether oxygens (including phenoxy) is 5. The molecule has 0 spiro atoms. The Balaban J connectivity index is 1.64. The molecule has 2 heterocycles. The molecule has 1 aliphatic rings. The zero-order valence-electron chi connectivity index (χ0n) is 25.2. The van der Waals surface area contributed by atoms with E-state index in [1.165, 1.54) is 30.1 Å². The van der Waals surface area contributed by atoms with Gasteiger partial charge >= 0.3 is 5.97 Å². The molecule has 12 heteroatoms. The molecule has 0 saturated heterocycles. The first kappa shape index (κ1) is 32.5. The highest BCUT2D eigenvalue weighted by Gasteiger charge is 2.35. The zero-order valence-corrected chi connectivity index (χ0v) is 29.2. The van der Waals surface area contributed by atoms with E-state index in [-0.39, 0.29) is 17.7 Å². The van der Waals surface area contributed by atoms with Gasteiger partial charge in [0.1, 0.15) is 6.61 Å². The van der Waals surface area contributed by atoms with Crippen LogP contribution in [0.2, 0.25) is 0 Å². The second-order valence-electron chi connectivity index (χ2n) is 9.84. The Morgan fingerprint density at radius 1 is 0.978 bits per heavy atom. The largest absolute Gasteiger partial charge is 0.493 e. The first-order valence-electron chi connectivity index (χ1n) is 13.9. The van der Waals surface area contributed by atoms with E-state index in [2.05, 4.69) is 36.9 Å². The van der Waals surface area contributed by atoms with Gasteiger partial charge in [0.25, 0.3) is 5.56 Å². The number of allylic oxidation sites excluding steroid dienone is 1. The summed E-state index contributed by atoms with van der Waals surface area (Å²) in [5.41, 5.74) is 2.73. The maximum absolute atomic E-state index is 14.2. The molecule has 1 aromatic heterocycles. The van der Waals surface area contributed by atoms with E-state index in [1.807, 2.05) is 36.4 Å². The van der Waals surface area contributed by atoms with E-state index < -0.39 is 12.0 Å². The number of hydrogen-bond donors (Lipinski definition) is 0. The van der Waals surface area contributed by atoms with E-state index in [9.17, 15) is 9.59 Å². The normalized spacial score (nSPS) is 14.5. The maximum Gasteiger partial charge on any atom is 0.338 e. The van der Waals surface area contributed by atoms with Crippen LogP contribution in [0.15, 0.2) is 84.6 Å². The van der Waals surface area contributed by atoms with Gasteiger partial charge in [-0.05, 0) is 76.8 Å². The lowest BCUT2D eigenvalue weighted by Crippen LogP contribution is -2.40. The van der Waals surface area contributed by atoms with Crippen molar-refractivity contribution in [3.63, 3.8) is 0 Å². The molecule has 0 bridgehead atoms. The van der Waals surface area contributed by atoms with Crippen LogP contribution in [0.25, 0.3) is 6.08 Å². The van der Waals surface area contributed by atoms with Gasteiger partial charge in [-0.3, -0.25) is 9.36 Å². The fourth-order valence-electron chi connectivity index (χ4n) is 5.01. The number of halogens is 2. The minimum Gasteiger partial charge on any atom is -0.493 e. The van der Waals surface area contributed by atoms with Crippen LogP contribution in [-0.4, -0.2) is 38.5 Å². The number of fused-ring (bicyclic) bond motifs is 1. The third-order valence-electron chi connectivity index (χ3n) is 7.09. The van der Waals surface area contributed by atoms with Crippen molar-refractivity contribution >= 4 is 55.2 Å². The van der Waals surface area contributed by atoms with Crippen LogP contribution in [0.5, 0.6) is 23.0 Å². The molecule has 1 aliphatic heterocycles. The molecule has 0 amide bonds. The van der Waals surface area contributed by atoms with Crippen LogP contribution in [-0.2, 0) is 16.1 Å². The first-order valence-corrected chi connectivity index (χ1v) is 16.3. The summed E-state index contributed by atoms with van der Waals surface area (Å²) < 4.78 is 31.4. The third kappa shape index (κ3) is 6.58. The van der Waals surface area contributed by atoms with Crippen molar-refractivity contribution < 1.29 is 28.5 Å². The van der Waals surface area contributed by atoms with Crippen molar-refractivity contribution in [2.75, 3.05) is 27.9 Å². The topological polar surface area (TPSA) is 97.6 Å². The second kappa shape index (κ2) is 14.1. The van der Waals surface area contributed by atoms with Crippen LogP contribution < -0.4 is 33.8 Å². The Labute approximate surface area is 280 Å². The third-order valence-corrected chi connectivity index (χ3v) is 9.35. The van der Waals surface area contributed by atoms with E-state index in [0.29, 0.717) is 64.7 Å². The maximum atomic E-state index is 14.2. The zero-order chi connectivity index (χ0) is 32.2. The van der Waals surface area contributed by atoms with Crippen molar-refractivity contribution in [2.24, 2.45) is 4.99 Å². The highest BCUT2D eigenvalue weighted by molar-refractivity contribution is 9.10. The monoisotopic (exact) mass is 756 g/mol. The molecule has 0 fully saturated rings. The lowest BCUT2D eigenvalue weighted by Gasteiger charge is -2.26. The van der Waals surface area contributed by atoms with Gasteiger partial charge in [0, 0.05) is 4.47 Å². The van der Waals surface area contributed by atoms with Gasteiger partial charge in [0.15, 0.2) is 27.8 Å². The van der Waals surface area contributed by atoms with Gasteiger partial charge in [-0.1, -0.05) is 57.6 Å². The Morgan fingerprint density at radius 3 is 2.33 bits per heavy atom. The van der Waals surface area contributed by atoms with Gasteiger partial charge in [-0.25, -0.2) is 9.79 Å². The number of hydrogen-bond acceptors (Lipinski definition) is 9. The highest BCUT2D eigenvalue weighted by Crippen LogP contribution is 2.41. The standard InChI is InChI=1S/C33H30Br2N2O7S/c1-6-43-32(39)28-18(2)36-33-37(29(28)21-15-24(40-3)25(41-4)16-22(21)34)31(38)27(45-33)14-20-12-23(35)30(26(13-20)42-5)44-17-19-10-8-7-9-11-19/h7-16,29H,6,17H2,1-5H3/b27-14-/t29-/m0/s1. The number of esters is 1. The van der Waals surface area contributed by atoms with Crippen molar-refractivity contribution in [3.05, 3.63) is 111 Å². The van der Waals surface area contributed by atoms with Crippen LogP contribution in [0, 0.1) is 0 Å². The van der Waals surface area contributed by atoms with Crippen molar-refractivity contribution in [2.45, 2.75) is 26.5 Å². The summed E-state index contributed by atoms with van der Waals surface area (Å²) in [6.07, 6.45) is 1.77. The van der Waals surface area contributed by atoms with Gasteiger partial charge in [0.05, 0.1) is 54.3 Å². The molecule has 0 saturated carbocycles. The summed E-state index contributed by atoms with van der Waals surface area (Å²) in [6, 6.07) is 16.1. The molecule has 0 N–H and O–H groups in total. The van der Waals surface area contributed by atoms with Crippen LogP contribution in [0.1, 0.15) is 36.6 Å². The summed E-state index contributed by atoms with van der Waals surface area (Å²) in [5, 5.41) is 0. The Bertz CT molecular complexity index is 1970. The number of carbonyl (C=O) groups excluding carboxylic acids is 1. The van der Waals surface area contributed by atoms with Crippen molar-refractivity contribution in [1.82, 2.24) is 4.57 Å². The smallest absolute Gasteiger partial charge is 0.338 e. The number of methoxy groups -OCH3 is 3.